The zero-order chi connectivity index (χ0) is 17.3. The number of allylic oxidation sites excluding steroid dienone is 1. The molecule has 140 valence electrons. The Morgan fingerprint density at radius 1 is 1.12 bits per heavy atom. The van der Waals surface area contributed by atoms with Gasteiger partial charge in [-0.15, -0.1) is 0 Å². The third-order valence-corrected chi connectivity index (χ3v) is 10.6. The molecule has 0 N–H and O–H groups in total. The molecule has 0 aromatic heterocycles. The lowest BCUT2D eigenvalue weighted by Gasteiger charge is -2.58. The summed E-state index contributed by atoms with van der Waals surface area (Å²) < 4.78 is 6.71. The fourth-order valence-electron chi connectivity index (χ4n) is 9.93. The van der Waals surface area contributed by atoms with Crippen LogP contribution in [0.4, 0.5) is 0 Å². The summed E-state index contributed by atoms with van der Waals surface area (Å²) in [7, 11) is 0. The molecule has 7 aliphatic rings. The van der Waals surface area contributed by atoms with E-state index < -0.39 is 0 Å². The van der Waals surface area contributed by atoms with Crippen molar-refractivity contribution in [2.75, 3.05) is 6.61 Å². The van der Waals surface area contributed by atoms with Gasteiger partial charge < -0.3 is 4.74 Å². The van der Waals surface area contributed by atoms with E-state index in [0.29, 0.717) is 11.2 Å². The van der Waals surface area contributed by atoms with Gasteiger partial charge >= 0.3 is 0 Å². The maximum atomic E-state index is 12.1. The molecule has 0 radical (unpaired) electrons. The lowest BCUT2D eigenvalue weighted by Crippen LogP contribution is -2.56. The number of carbonyl (C=O) groups is 1. The molecule has 0 aromatic carbocycles. The van der Waals surface area contributed by atoms with Crippen molar-refractivity contribution in [3.63, 3.8) is 0 Å². The third kappa shape index (κ3) is 1.53. The minimum Gasteiger partial charge on any atom is -0.374 e. The van der Waals surface area contributed by atoms with E-state index in [4.69, 9.17) is 4.74 Å². The summed E-state index contributed by atoms with van der Waals surface area (Å²) in [5, 5.41) is 0. The molecule has 0 amide bonds. The van der Waals surface area contributed by atoms with Crippen molar-refractivity contribution in [1.29, 1.82) is 0 Å². The SMILES string of the molecule is CC[C@]12CCC3C4CCC(=O)C=C4[C@H]4C[C@H]4C3C1[C@@H]1C[C@@H]1[C@@]21CCCO1. The van der Waals surface area contributed by atoms with Crippen molar-refractivity contribution in [3.05, 3.63) is 11.6 Å². The fourth-order valence-corrected chi connectivity index (χ4v) is 9.93. The summed E-state index contributed by atoms with van der Waals surface area (Å²) in [6.45, 7) is 3.51. The number of hydrogen-bond acceptors (Lipinski definition) is 2. The van der Waals surface area contributed by atoms with Gasteiger partial charge in [-0.3, -0.25) is 4.79 Å². The Bertz CT molecular complexity index is 716. The van der Waals surface area contributed by atoms with Crippen LogP contribution in [0.3, 0.4) is 0 Å². The molecule has 7 rings (SSSR count). The predicted molar refractivity (Wildman–Crippen MR) is 99.4 cm³/mol. The fraction of sp³-hybridized carbons (Fsp3) is 0.875. The van der Waals surface area contributed by atoms with Gasteiger partial charge in [-0.05, 0) is 105 Å². The van der Waals surface area contributed by atoms with E-state index in [2.05, 4.69) is 13.0 Å². The molecule has 2 heteroatoms. The summed E-state index contributed by atoms with van der Waals surface area (Å²) in [5.74, 6) is 7.56. The number of carbonyl (C=O) groups excluding carboxylic acids is 1. The standard InChI is InChI=1S/C24H32O2/c1-2-23-8-6-15-14-5-4-13(25)10-16(14)17-11-18(17)21(15)22(23)19-12-20(19)24(23)7-3-9-26-24/h10,14-15,17-22H,2-9,11-12H2,1H3/t14?,15?,17-,18-,19-,20+,21?,22?,23+,24+/m1/s1. The molecule has 6 aliphatic carbocycles. The van der Waals surface area contributed by atoms with Crippen LogP contribution in [-0.4, -0.2) is 18.0 Å². The topological polar surface area (TPSA) is 26.3 Å². The molecular formula is C24H32O2. The van der Waals surface area contributed by atoms with Crippen LogP contribution in [0.1, 0.15) is 64.7 Å². The number of ether oxygens (including phenoxy) is 1. The lowest BCUT2D eigenvalue weighted by atomic mass is 9.47. The minimum absolute atomic E-state index is 0.269. The molecule has 2 nitrogen and oxygen atoms in total. The van der Waals surface area contributed by atoms with Crippen LogP contribution in [0, 0.1) is 52.8 Å². The smallest absolute Gasteiger partial charge is 0.155 e. The van der Waals surface area contributed by atoms with Crippen molar-refractivity contribution in [1.82, 2.24) is 0 Å². The van der Waals surface area contributed by atoms with Crippen molar-refractivity contribution in [2.45, 2.75) is 70.3 Å². The summed E-state index contributed by atoms with van der Waals surface area (Å²) in [4.78, 5) is 12.1. The highest BCUT2D eigenvalue weighted by molar-refractivity contribution is 5.91. The van der Waals surface area contributed by atoms with E-state index in [1.165, 1.54) is 44.9 Å². The van der Waals surface area contributed by atoms with E-state index >= 15 is 0 Å². The van der Waals surface area contributed by atoms with Gasteiger partial charge in [-0.1, -0.05) is 12.5 Å². The number of rotatable bonds is 1. The Morgan fingerprint density at radius 3 is 2.85 bits per heavy atom. The van der Waals surface area contributed by atoms with Crippen LogP contribution in [0.5, 0.6) is 0 Å². The number of ketones is 1. The molecule has 0 aromatic rings. The highest BCUT2D eigenvalue weighted by Gasteiger charge is 2.79. The van der Waals surface area contributed by atoms with E-state index in [-0.39, 0.29) is 5.60 Å². The van der Waals surface area contributed by atoms with Gasteiger partial charge in [0.05, 0.1) is 5.60 Å². The maximum Gasteiger partial charge on any atom is 0.155 e. The largest absolute Gasteiger partial charge is 0.374 e. The molecule has 1 aliphatic heterocycles. The van der Waals surface area contributed by atoms with E-state index in [1.807, 2.05) is 0 Å². The first-order valence-corrected chi connectivity index (χ1v) is 11.6. The Balaban J connectivity index is 1.33. The molecular weight excluding hydrogens is 320 g/mol. The monoisotopic (exact) mass is 352 g/mol. The molecule has 0 bridgehead atoms. The van der Waals surface area contributed by atoms with Gasteiger partial charge in [-0.25, -0.2) is 0 Å². The van der Waals surface area contributed by atoms with Crippen LogP contribution >= 0.6 is 0 Å². The average Bonchev–Trinajstić information content (AvgIpc) is 3.56. The van der Waals surface area contributed by atoms with E-state index in [0.717, 1.165) is 66.8 Å². The summed E-state index contributed by atoms with van der Waals surface area (Å²) in [5.41, 5.74) is 2.37. The Hall–Kier alpha value is -0.630. The van der Waals surface area contributed by atoms with Gasteiger partial charge in [0.2, 0.25) is 0 Å². The maximum absolute atomic E-state index is 12.1. The van der Waals surface area contributed by atoms with Crippen molar-refractivity contribution >= 4 is 5.78 Å². The molecule has 1 saturated heterocycles. The molecule has 5 saturated carbocycles. The van der Waals surface area contributed by atoms with Gasteiger partial charge in [0, 0.05) is 18.4 Å². The van der Waals surface area contributed by atoms with E-state index in [1.54, 1.807) is 5.57 Å². The predicted octanol–water partition coefficient (Wildman–Crippen LogP) is 4.78. The average molecular weight is 353 g/mol. The molecule has 6 fully saturated rings. The second-order valence-electron chi connectivity index (χ2n) is 10.9. The normalized spacial score (nSPS) is 61.3. The Labute approximate surface area is 157 Å². The molecule has 1 heterocycles. The second kappa shape index (κ2) is 4.67. The summed E-state index contributed by atoms with van der Waals surface area (Å²) in [6, 6.07) is 0. The van der Waals surface area contributed by atoms with Crippen LogP contribution < -0.4 is 0 Å². The first-order chi connectivity index (χ1) is 12.7. The van der Waals surface area contributed by atoms with Crippen LogP contribution in [0.2, 0.25) is 0 Å². The molecule has 4 unspecified atom stereocenters. The van der Waals surface area contributed by atoms with Gasteiger partial charge in [0.15, 0.2) is 5.78 Å². The second-order valence-corrected chi connectivity index (χ2v) is 10.9. The highest BCUT2D eigenvalue weighted by atomic mass is 16.5. The zero-order valence-corrected chi connectivity index (χ0v) is 16.1. The Kier molecular flexibility index (Phi) is 2.75. The van der Waals surface area contributed by atoms with Gasteiger partial charge in [0.25, 0.3) is 0 Å². The van der Waals surface area contributed by atoms with Crippen LogP contribution in [0.25, 0.3) is 0 Å². The molecule has 26 heavy (non-hydrogen) atoms. The molecule has 1 spiro atoms. The highest BCUT2D eigenvalue weighted by Crippen LogP contribution is 2.81. The number of hydrogen-bond donors (Lipinski definition) is 0. The summed E-state index contributed by atoms with van der Waals surface area (Å²) >= 11 is 0. The summed E-state index contributed by atoms with van der Waals surface area (Å²) in [6.07, 6.45) is 13.8. The lowest BCUT2D eigenvalue weighted by molar-refractivity contribution is -0.161. The molecule has 10 atom stereocenters. The van der Waals surface area contributed by atoms with Crippen LogP contribution in [0.15, 0.2) is 11.6 Å². The third-order valence-electron chi connectivity index (χ3n) is 10.6. The van der Waals surface area contributed by atoms with Crippen molar-refractivity contribution in [2.24, 2.45) is 52.8 Å². The van der Waals surface area contributed by atoms with Gasteiger partial charge in [-0.2, -0.15) is 0 Å². The van der Waals surface area contributed by atoms with Crippen LogP contribution in [-0.2, 0) is 9.53 Å². The number of fused-ring (bicyclic) bond motifs is 12. The van der Waals surface area contributed by atoms with E-state index in [9.17, 15) is 4.79 Å². The zero-order valence-electron chi connectivity index (χ0n) is 16.1. The first-order valence-electron chi connectivity index (χ1n) is 11.6. The minimum atomic E-state index is 0.269. The first kappa shape index (κ1) is 15.3. The quantitative estimate of drug-likeness (QED) is 0.679. The van der Waals surface area contributed by atoms with Crippen molar-refractivity contribution in [3.8, 4) is 0 Å². The Morgan fingerprint density at radius 2 is 2.04 bits per heavy atom. The van der Waals surface area contributed by atoms with Crippen molar-refractivity contribution < 1.29 is 9.53 Å². The van der Waals surface area contributed by atoms with Gasteiger partial charge in [0.1, 0.15) is 0 Å².